The fraction of sp³-hybridized carbons (Fsp3) is 0.696. The number of aromatic nitrogens is 1. The van der Waals surface area contributed by atoms with E-state index >= 15 is 0 Å². The highest BCUT2D eigenvalue weighted by Gasteiger charge is 2.30. The number of amides is 1. The van der Waals surface area contributed by atoms with Crippen LogP contribution in [0.15, 0.2) is 12.1 Å². The maximum atomic E-state index is 11.8. The molecule has 172 valence electrons. The van der Waals surface area contributed by atoms with Gasteiger partial charge in [0.15, 0.2) is 0 Å². The smallest absolute Gasteiger partial charge is 0.408 e. The number of ether oxygens (including phenoxy) is 2. The van der Waals surface area contributed by atoms with Crippen LogP contribution in [0.3, 0.4) is 0 Å². The number of pyridine rings is 1. The molecule has 0 radical (unpaired) electrons. The zero-order chi connectivity index (χ0) is 22.4. The van der Waals surface area contributed by atoms with Gasteiger partial charge in [-0.1, -0.05) is 6.07 Å². The first-order valence-electron chi connectivity index (χ1n) is 11.3. The van der Waals surface area contributed by atoms with Crippen molar-refractivity contribution in [3.63, 3.8) is 0 Å². The molecule has 0 bridgehead atoms. The number of nitrogens with one attached hydrogen (secondary N) is 2. The quantitative estimate of drug-likeness (QED) is 0.546. The van der Waals surface area contributed by atoms with Crippen LogP contribution >= 0.6 is 0 Å². The lowest BCUT2D eigenvalue weighted by atomic mass is 9.79. The Morgan fingerprint density at radius 1 is 1.32 bits per heavy atom. The van der Waals surface area contributed by atoms with Crippen molar-refractivity contribution in [2.45, 2.75) is 83.5 Å². The molecule has 8 heteroatoms. The Hall–Kier alpha value is -2.35. The van der Waals surface area contributed by atoms with Crippen molar-refractivity contribution in [3.05, 3.63) is 23.4 Å². The Labute approximate surface area is 184 Å². The zero-order valence-corrected chi connectivity index (χ0v) is 18.8. The van der Waals surface area contributed by atoms with Crippen LogP contribution in [0.4, 0.5) is 10.6 Å². The maximum absolute atomic E-state index is 11.8. The highest BCUT2D eigenvalue weighted by atomic mass is 16.6. The highest BCUT2D eigenvalue weighted by Crippen LogP contribution is 2.34. The number of aliphatic carboxylic acids is 1. The van der Waals surface area contributed by atoms with Gasteiger partial charge in [0.2, 0.25) is 0 Å². The fourth-order valence-electron chi connectivity index (χ4n) is 3.97. The number of carbonyl (C=O) groups excluding carboxylic acids is 1. The monoisotopic (exact) mass is 433 g/mol. The van der Waals surface area contributed by atoms with Crippen molar-refractivity contribution in [3.8, 4) is 0 Å². The molecule has 1 atom stereocenters. The van der Waals surface area contributed by atoms with E-state index in [4.69, 9.17) is 14.5 Å². The number of anilines is 1. The van der Waals surface area contributed by atoms with E-state index in [0.29, 0.717) is 12.5 Å². The maximum Gasteiger partial charge on any atom is 0.408 e. The molecule has 0 unspecified atom stereocenters. The van der Waals surface area contributed by atoms with Crippen molar-refractivity contribution in [2.75, 3.05) is 18.5 Å². The zero-order valence-electron chi connectivity index (χ0n) is 18.8. The van der Waals surface area contributed by atoms with E-state index in [1.807, 2.05) is 0 Å². The first kappa shape index (κ1) is 23.3. The highest BCUT2D eigenvalue weighted by molar-refractivity contribution is 5.79. The molecule has 2 heterocycles. The molecule has 1 aliphatic carbocycles. The summed E-state index contributed by atoms with van der Waals surface area (Å²) in [6, 6.07) is 3.32. The summed E-state index contributed by atoms with van der Waals surface area (Å²) < 4.78 is 10.9. The summed E-state index contributed by atoms with van der Waals surface area (Å²) in [4.78, 5) is 27.9. The molecule has 0 aromatic carbocycles. The van der Waals surface area contributed by atoms with Crippen LogP contribution in [-0.2, 0) is 27.1 Å². The van der Waals surface area contributed by atoms with Crippen molar-refractivity contribution in [1.29, 1.82) is 0 Å². The minimum absolute atomic E-state index is 0.166. The predicted molar refractivity (Wildman–Crippen MR) is 117 cm³/mol. The van der Waals surface area contributed by atoms with Crippen LogP contribution in [-0.4, -0.2) is 53.1 Å². The lowest BCUT2D eigenvalue weighted by molar-refractivity contribution is -0.140. The first-order chi connectivity index (χ1) is 14.7. The average Bonchev–Trinajstić information content (AvgIpc) is 2.66. The lowest BCUT2D eigenvalue weighted by Gasteiger charge is -2.35. The van der Waals surface area contributed by atoms with Crippen LogP contribution in [0.25, 0.3) is 0 Å². The van der Waals surface area contributed by atoms with Crippen molar-refractivity contribution >= 4 is 17.9 Å². The number of carboxylic acid groups (broad SMARTS) is 1. The Balaban J connectivity index is 1.31. The van der Waals surface area contributed by atoms with E-state index in [0.717, 1.165) is 50.2 Å². The normalized spacial score (nSPS) is 21.3. The molecule has 8 nitrogen and oxygen atoms in total. The topological polar surface area (TPSA) is 110 Å². The van der Waals surface area contributed by atoms with Gasteiger partial charge in [-0.05, 0) is 76.8 Å². The second kappa shape index (κ2) is 10.3. The first-order valence-corrected chi connectivity index (χ1v) is 11.3. The molecule has 1 amide bonds. The molecule has 0 saturated heterocycles. The van der Waals surface area contributed by atoms with E-state index in [2.05, 4.69) is 22.8 Å². The van der Waals surface area contributed by atoms with Crippen LogP contribution in [0.1, 0.15) is 64.1 Å². The van der Waals surface area contributed by atoms with Crippen molar-refractivity contribution in [2.24, 2.45) is 5.92 Å². The Kier molecular flexibility index (Phi) is 7.75. The number of aryl methyl sites for hydroxylation is 2. The standard InChI is InChI=1S/C23H35N3O5/c1-23(2,3)31-22(29)26-19(21(27)28)10-12-30-18-13-15(14-18)6-8-17-9-7-16-5-4-11-24-20(16)25-17/h7,9,15,18-19H,4-6,8,10-14H2,1-3H3,(H,24,25)(H,26,29)(H,27,28)/t15?,18?,19-/m0/s1. The molecule has 1 saturated carbocycles. The lowest BCUT2D eigenvalue weighted by Crippen LogP contribution is -2.44. The van der Waals surface area contributed by atoms with Gasteiger partial charge in [-0.15, -0.1) is 0 Å². The van der Waals surface area contributed by atoms with E-state index in [1.165, 1.54) is 12.0 Å². The van der Waals surface area contributed by atoms with Gasteiger partial charge in [0, 0.05) is 25.3 Å². The Morgan fingerprint density at radius 3 is 2.81 bits per heavy atom. The van der Waals surface area contributed by atoms with Gasteiger partial charge >= 0.3 is 12.1 Å². The summed E-state index contributed by atoms with van der Waals surface area (Å²) in [5.41, 5.74) is 1.78. The number of carboxylic acids is 1. The molecule has 1 aromatic rings. The minimum atomic E-state index is -1.09. The number of fused-ring (bicyclic) bond motifs is 1. The van der Waals surface area contributed by atoms with Crippen LogP contribution in [0.2, 0.25) is 0 Å². The third-order valence-electron chi connectivity index (χ3n) is 5.70. The largest absolute Gasteiger partial charge is 0.480 e. The number of rotatable bonds is 9. The van der Waals surface area contributed by atoms with Gasteiger partial charge in [-0.3, -0.25) is 0 Å². The van der Waals surface area contributed by atoms with Crippen molar-refractivity contribution in [1.82, 2.24) is 10.3 Å². The molecular weight excluding hydrogens is 398 g/mol. The molecule has 1 fully saturated rings. The number of hydrogen-bond acceptors (Lipinski definition) is 6. The Morgan fingerprint density at radius 2 is 2.10 bits per heavy atom. The summed E-state index contributed by atoms with van der Waals surface area (Å²) >= 11 is 0. The van der Waals surface area contributed by atoms with Gasteiger partial charge in [0.05, 0.1) is 6.10 Å². The van der Waals surface area contributed by atoms with E-state index in [-0.39, 0.29) is 12.5 Å². The number of alkyl carbamates (subject to hydrolysis) is 1. The minimum Gasteiger partial charge on any atom is -0.480 e. The second-order valence-electron chi connectivity index (χ2n) is 9.54. The van der Waals surface area contributed by atoms with E-state index < -0.39 is 23.7 Å². The molecule has 0 spiro atoms. The number of carbonyl (C=O) groups is 2. The van der Waals surface area contributed by atoms with Gasteiger partial charge in [0.1, 0.15) is 17.5 Å². The molecular formula is C23H35N3O5. The van der Waals surface area contributed by atoms with Crippen LogP contribution in [0.5, 0.6) is 0 Å². The number of nitrogens with zero attached hydrogens (tertiary/aromatic N) is 1. The van der Waals surface area contributed by atoms with Crippen molar-refractivity contribution < 1.29 is 24.2 Å². The summed E-state index contributed by atoms with van der Waals surface area (Å²) in [7, 11) is 0. The second-order valence-corrected chi connectivity index (χ2v) is 9.54. The Bertz CT molecular complexity index is 771. The molecule has 3 N–H and O–H groups in total. The predicted octanol–water partition coefficient (Wildman–Crippen LogP) is 3.54. The van der Waals surface area contributed by atoms with Gasteiger partial charge in [0.25, 0.3) is 0 Å². The summed E-state index contributed by atoms with van der Waals surface area (Å²) in [6.45, 7) is 6.49. The summed E-state index contributed by atoms with van der Waals surface area (Å²) in [5.74, 6) is 0.575. The molecule has 31 heavy (non-hydrogen) atoms. The molecule has 1 aliphatic heterocycles. The van der Waals surface area contributed by atoms with E-state index in [1.54, 1.807) is 20.8 Å². The van der Waals surface area contributed by atoms with Gasteiger partial charge < -0.3 is 25.2 Å². The van der Waals surface area contributed by atoms with Crippen LogP contribution < -0.4 is 10.6 Å². The SMILES string of the molecule is CC(C)(C)OC(=O)N[C@@H](CCOC1CC(CCc2ccc3c(n2)NCCC3)C1)C(=O)O. The molecule has 1 aromatic heterocycles. The van der Waals surface area contributed by atoms with E-state index in [9.17, 15) is 14.7 Å². The third kappa shape index (κ3) is 7.38. The molecule has 3 rings (SSSR count). The number of hydrogen-bond donors (Lipinski definition) is 3. The average molecular weight is 434 g/mol. The van der Waals surface area contributed by atoms with Gasteiger partial charge in [-0.2, -0.15) is 0 Å². The molecule has 2 aliphatic rings. The summed E-state index contributed by atoms with van der Waals surface area (Å²) in [5, 5.41) is 15.1. The van der Waals surface area contributed by atoms with Gasteiger partial charge in [-0.25, -0.2) is 14.6 Å². The fourth-order valence-corrected chi connectivity index (χ4v) is 3.97. The van der Waals surface area contributed by atoms with Crippen LogP contribution in [0, 0.1) is 5.92 Å². The summed E-state index contributed by atoms with van der Waals surface area (Å²) in [6.07, 6.45) is 5.95. The third-order valence-corrected chi connectivity index (χ3v) is 5.70.